The second-order valence-electron chi connectivity index (χ2n) is 2.58. The van der Waals surface area contributed by atoms with Crippen molar-refractivity contribution in [3.05, 3.63) is 0 Å². The molecule has 0 bridgehead atoms. The second kappa shape index (κ2) is 7.69. The van der Waals surface area contributed by atoms with E-state index in [4.69, 9.17) is 5.73 Å². The van der Waals surface area contributed by atoms with Crippen molar-refractivity contribution in [2.24, 2.45) is 5.73 Å². The zero-order chi connectivity index (χ0) is 8.53. The topological polar surface area (TPSA) is 55.1 Å². The van der Waals surface area contributed by atoms with Gasteiger partial charge in [0, 0.05) is 0 Å². The molecule has 0 amide bonds. The zero-order valence-corrected chi connectivity index (χ0v) is 7.18. The van der Waals surface area contributed by atoms with Gasteiger partial charge in [-0.1, -0.05) is 13.3 Å². The third-order valence-electron chi connectivity index (χ3n) is 1.60. The Hall–Kier alpha value is -0.410. The first-order valence-corrected chi connectivity index (χ1v) is 4.23. The summed E-state index contributed by atoms with van der Waals surface area (Å²) in [4.78, 5) is 10.4. The van der Waals surface area contributed by atoms with E-state index in [2.05, 4.69) is 5.32 Å². The van der Waals surface area contributed by atoms with Crippen LogP contribution in [0.5, 0.6) is 0 Å². The van der Waals surface area contributed by atoms with Gasteiger partial charge in [0.2, 0.25) is 0 Å². The number of unbranched alkanes of at least 4 members (excludes halogenated alkanes) is 1. The number of hydrogen-bond donors (Lipinski definition) is 2. The third kappa shape index (κ3) is 6.01. The molecule has 1 atom stereocenters. The highest BCUT2D eigenvalue weighted by Gasteiger charge is 2.02. The van der Waals surface area contributed by atoms with Gasteiger partial charge in [-0.3, -0.25) is 0 Å². The van der Waals surface area contributed by atoms with Crippen molar-refractivity contribution in [1.82, 2.24) is 5.32 Å². The minimum atomic E-state index is 0.0338. The Morgan fingerprint density at radius 3 is 2.73 bits per heavy atom. The Labute approximate surface area is 68.3 Å². The smallest absolute Gasteiger partial charge is 0.136 e. The molecule has 66 valence electrons. The number of nitrogens with two attached hydrogens (primary N) is 1. The van der Waals surface area contributed by atoms with Crippen molar-refractivity contribution >= 4 is 6.29 Å². The van der Waals surface area contributed by atoms with Crippen LogP contribution in [0.3, 0.4) is 0 Å². The normalized spacial score (nSPS) is 12.9. The third-order valence-corrected chi connectivity index (χ3v) is 1.60. The van der Waals surface area contributed by atoms with Gasteiger partial charge >= 0.3 is 0 Å². The molecule has 0 heterocycles. The van der Waals surface area contributed by atoms with Gasteiger partial charge in [0.15, 0.2) is 0 Å². The van der Waals surface area contributed by atoms with Crippen molar-refractivity contribution in [2.45, 2.75) is 32.2 Å². The molecule has 0 aliphatic heterocycles. The average Bonchev–Trinajstić information content (AvgIpc) is 2.03. The maximum absolute atomic E-state index is 10.4. The number of hydrogen-bond acceptors (Lipinski definition) is 3. The van der Waals surface area contributed by atoms with Gasteiger partial charge in [-0.15, -0.1) is 0 Å². The fraction of sp³-hybridized carbons (Fsp3) is 0.875. The quantitative estimate of drug-likeness (QED) is 0.413. The predicted octanol–water partition coefficient (Wildman–Crippen LogP) is 0.292. The SMILES string of the molecule is CCN[C@@H](C=O)CCCCN. The van der Waals surface area contributed by atoms with Crippen LogP contribution in [0.4, 0.5) is 0 Å². The van der Waals surface area contributed by atoms with Gasteiger partial charge in [0.1, 0.15) is 6.29 Å². The van der Waals surface area contributed by atoms with Crippen molar-refractivity contribution in [3.63, 3.8) is 0 Å². The largest absolute Gasteiger partial charge is 0.330 e. The van der Waals surface area contributed by atoms with Gasteiger partial charge in [-0.05, 0) is 25.9 Å². The molecule has 0 fully saturated rings. The summed E-state index contributed by atoms with van der Waals surface area (Å²) in [6.07, 6.45) is 3.93. The zero-order valence-electron chi connectivity index (χ0n) is 7.18. The fourth-order valence-electron chi connectivity index (χ4n) is 0.989. The molecule has 3 N–H and O–H groups in total. The van der Waals surface area contributed by atoms with Crippen molar-refractivity contribution in [3.8, 4) is 0 Å². The molecule has 3 nitrogen and oxygen atoms in total. The van der Waals surface area contributed by atoms with Gasteiger partial charge in [-0.2, -0.15) is 0 Å². The van der Waals surface area contributed by atoms with Gasteiger partial charge in [0.25, 0.3) is 0 Å². The molecule has 0 aromatic rings. The van der Waals surface area contributed by atoms with E-state index in [0.717, 1.165) is 38.6 Å². The summed E-state index contributed by atoms with van der Waals surface area (Å²) in [6, 6.07) is 0.0338. The van der Waals surface area contributed by atoms with E-state index in [0.29, 0.717) is 0 Å². The molecule has 0 spiro atoms. The minimum absolute atomic E-state index is 0.0338. The monoisotopic (exact) mass is 158 g/mol. The van der Waals surface area contributed by atoms with Crippen LogP contribution in [0.15, 0.2) is 0 Å². The van der Waals surface area contributed by atoms with Crippen LogP contribution >= 0.6 is 0 Å². The predicted molar refractivity (Wildman–Crippen MR) is 46.4 cm³/mol. The van der Waals surface area contributed by atoms with Gasteiger partial charge in [-0.25, -0.2) is 0 Å². The number of carbonyl (C=O) groups is 1. The number of nitrogens with one attached hydrogen (secondary N) is 1. The lowest BCUT2D eigenvalue weighted by atomic mass is 10.1. The van der Waals surface area contributed by atoms with Crippen LogP contribution in [0, 0.1) is 0 Å². The lowest BCUT2D eigenvalue weighted by molar-refractivity contribution is -0.109. The summed E-state index contributed by atoms with van der Waals surface area (Å²) < 4.78 is 0. The summed E-state index contributed by atoms with van der Waals surface area (Å²) >= 11 is 0. The van der Waals surface area contributed by atoms with E-state index >= 15 is 0 Å². The molecule has 0 radical (unpaired) electrons. The van der Waals surface area contributed by atoms with Gasteiger partial charge in [0.05, 0.1) is 6.04 Å². The number of carbonyl (C=O) groups excluding carboxylic acids is 1. The van der Waals surface area contributed by atoms with Crippen LogP contribution in [-0.4, -0.2) is 25.4 Å². The summed E-state index contributed by atoms with van der Waals surface area (Å²) in [5.41, 5.74) is 5.32. The van der Waals surface area contributed by atoms with E-state index in [1.54, 1.807) is 0 Å². The summed E-state index contributed by atoms with van der Waals surface area (Å²) in [5.74, 6) is 0. The standard InChI is InChI=1S/C8H18N2O/c1-2-10-8(7-11)5-3-4-6-9/h7-8,10H,2-6,9H2,1H3/t8-/m1/s1. The highest BCUT2D eigenvalue weighted by molar-refractivity contribution is 5.57. The molecule has 0 aromatic heterocycles. The molecule has 0 aromatic carbocycles. The minimum Gasteiger partial charge on any atom is -0.330 e. The van der Waals surface area contributed by atoms with Crippen LogP contribution in [0.25, 0.3) is 0 Å². The summed E-state index contributed by atoms with van der Waals surface area (Å²) in [5, 5.41) is 3.08. The van der Waals surface area contributed by atoms with Crippen LogP contribution in [0.2, 0.25) is 0 Å². The maximum atomic E-state index is 10.4. The maximum Gasteiger partial charge on any atom is 0.136 e. The first kappa shape index (κ1) is 10.6. The number of likely N-dealkylation sites (N-methyl/N-ethyl adjacent to an activating group) is 1. The molecule has 0 saturated carbocycles. The molecule has 11 heavy (non-hydrogen) atoms. The Kier molecular flexibility index (Phi) is 7.41. The molecule has 0 rings (SSSR count). The summed E-state index contributed by atoms with van der Waals surface area (Å²) in [6.45, 7) is 3.57. The molecule has 0 unspecified atom stereocenters. The highest BCUT2D eigenvalue weighted by Crippen LogP contribution is 1.97. The molecule has 0 aliphatic carbocycles. The first-order valence-electron chi connectivity index (χ1n) is 4.23. The Morgan fingerprint density at radius 1 is 1.55 bits per heavy atom. The summed E-state index contributed by atoms with van der Waals surface area (Å²) in [7, 11) is 0. The molecule has 3 heteroatoms. The molecular weight excluding hydrogens is 140 g/mol. The second-order valence-corrected chi connectivity index (χ2v) is 2.58. The van der Waals surface area contributed by atoms with E-state index in [1.807, 2.05) is 6.92 Å². The van der Waals surface area contributed by atoms with Crippen molar-refractivity contribution in [2.75, 3.05) is 13.1 Å². The highest BCUT2D eigenvalue weighted by atomic mass is 16.1. The Bertz CT molecular complexity index is 96.1. The lowest BCUT2D eigenvalue weighted by Gasteiger charge is -2.09. The molecule has 0 saturated heterocycles. The lowest BCUT2D eigenvalue weighted by Crippen LogP contribution is -2.30. The molecule has 0 aliphatic rings. The van der Waals surface area contributed by atoms with E-state index in [1.165, 1.54) is 0 Å². The number of aldehydes is 1. The fourth-order valence-corrected chi connectivity index (χ4v) is 0.989. The Morgan fingerprint density at radius 2 is 2.27 bits per heavy atom. The first-order chi connectivity index (χ1) is 5.35. The average molecular weight is 158 g/mol. The van der Waals surface area contributed by atoms with Crippen LogP contribution in [0.1, 0.15) is 26.2 Å². The van der Waals surface area contributed by atoms with Crippen molar-refractivity contribution in [1.29, 1.82) is 0 Å². The van der Waals surface area contributed by atoms with Crippen molar-refractivity contribution < 1.29 is 4.79 Å². The number of rotatable bonds is 7. The van der Waals surface area contributed by atoms with E-state index in [9.17, 15) is 4.79 Å². The molecular formula is C8H18N2O. The van der Waals surface area contributed by atoms with E-state index < -0.39 is 0 Å². The van der Waals surface area contributed by atoms with Crippen LogP contribution < -0.4 is 11.1 Å². The Balaban J connectivity index is 3.28. The van der Waals surface area contributed by atoms with Crippen LogP contribution in [-0.2, 0) is 4.79 Å². The van der Waals surface area contributed by atoms with E-state index in [-0.39, 0.29) is 6.04 Å². The van der Waals surface area contributed by atoms with Gasteiger partial charge < -0.3 is 15.8 Å².